The first-order chi connectivity index (χ1) is 9.24. The van der Waals surface area contributed by atoms with Gasteiger partial charge in [0.2, 0.25) is 0 Å². The van der Waals surface area contributed by atoms with Gasteiger partial charge in [-0.15, -0.1) is 0 Å². The van der Waals surface area contributed by atoms with Gasteiger partial charge >= 0.3 is 6.09 Å². The molecule has 6 heteroatoms. The van der Waals surface area contributed by atoms with Crippen molar-refractivity contribution in [3.63, 3.8) is 0 Å². The van der Waals surface area contributed by atoms with Gasteiger partial charge in [-0.1, -0.05) is 15.9 Å². The maximum atomic E-state index is 12.2. The quantitative estimate of drug-likeness (QED) is 0.789. The van der Waals surface area contributed by atoms with E-state index in [4.69, 9.17) is 10.5 Å². The predicted octanol–water partition coefficient (Wildman–Crippen LogP) is 3.19. The van der Waals surface area contributed by atoms with Gasteiger partial charge in [0.15, 0.2) is 0 Å². The number of carbonyl (C=O) groups excluding carboxylic acids is 1. The van der Waals surface area contributed by atoms with Gasteiger partial charge < -0.3 is 10.5 Å². The van der Waals surface area contributed by atoms with Crippen LogP contribution in [0.25, 0.3) is 0 Å². The van der Waals surface area contributed by atoms with Gasteiger partial charge in [0, 0.05) is 4.47 Å². The van der Waals surface area contributed by atoms with Crippen molar-refractivity contribution < 1.29 is 9.53 Å². The van der Waals surface area contributed by atoms with Crippen molar-refractivity contribution in [2.45, 2.75) is 32.9 Å². The van der Waals surface area contributed by atoms with Crippen LogP contribution in [0.2, 0.25) is 0 Å². The number of rotatable bonds is 0. The Bertz CT molecular complexity index is 564. The summed E-state index contributed by atoms with van der Waals surface area (Å²) < 4.78 is 6.33. The van der Waals surface area contributed by atoms with Gasteiger partial charge in [0.25, 0.3) is 0 Å². The van der Waals surface area contributed by atoms with E-state index in [0.717, 1.165) is 15.7 Å². The fourth-order valence-corrected chi connectivity index (χ4v) is 2.30. The molecule has 0 radical (unpaired) electrons. The Morgan fingerprint density at radius 3 is 2.75 bits per heavy atom. The number of benzene rings is 1. The van der Waals surface area contributed by atoms with E-state index in [1.165, 1.54) is 0 Å². The molecule has 1 aliphatic heterocycles. The Kier molecular flexibility index (Phi) is 4.04. The highest BCUT2D eigenvalue weighted by Gasteiger charge is 2.25. The third-order valence-electron chi connectivity index (χ3n) is 2.67. The fourth-order valence-electron chi connectivity index (χ4n) is 1.89. The Labute approximate surface area is 126 Å². The summed E-state index contributed by atoms with van der Waals surface area (Å²) in [6.07, 6.45) is -0.386. The number of hydrogen-bond donors (Lipinski definition) is 1. The van der Waals surface area contributed by atoms with E-state index in [0.29, 0.717) is 12.4 Å². The smallest absolute Gasteiger partial charge is 0.410 e. The molecule has 0 atom stereocenters. The van der Waals surface area contributed by atoms with Gasteiger partial charge in [-0.3, -0.25) is 4.90 Å². The van der Waals surface area contributed by atoms with Crippen LogP contribution in [0.4, 0.5) is 10.5 Å². The number of hydrogen-bond acceptors (Lipinski definition) is 4. The molecule has 0 fully saturated rings. The molecule has 2 N–H and O–H groups in total. The minimum Gasteiger partial charge on any atom is -0.444 e. The lowest BCUT2D eigenvalue weighted by Crippen LogP contribution is -2.40. The summed E-state index contributed by atoms with van der Waals surface area (Å²) >= 11 is 3.42. The molecule has 0 spiro atoms. The van der Waals surface area contributed by atoms with Crippen molar-refractivity contribution in [2.75, 3.05) is 6.54 Å². The standard InChI is InChI=1S/C14H18BrN3O2/c1-14(2,3)20-13(19)18-7-9-6-10(15)4-5-11(9)17-12(16)8-18/h4-6H,7-8H2,1-3H3,(H2,16,17). The Balaban J connectivity index is 2.27. The van der Waals surface area contributed by atoms with Crippen molar-refractivity contribution in [3.05, 3.63) is 28.2 Å². The van der Waals surface area contributed by atoms with Gasteiger partial charge in [-0.2, -0.15) is 0 Å². The normalized spacial score (nSPS) is 15.2. The van der Waals surface area contributed by atoms with Crippen molar-refractivity contribution in [1.29, 1.82) is 0 Å². The van der Waals surface area contributed by atoms with E-state index in [9.17, 15) is 4.79 Å². The number of nitrogens with zero attached hydrogens (tertiary/aromatic N) is 2. The fraction of sp³-hybridized carbons (Fsp3) is 0.429. The molecule has 20 heavy (non-hydrogen) atoms. The second kappa shape index (κ2) is 5.44. The zero-order valence-electron chi connectivity index (χ0n) is 11.8. The van der Waals surface area contributed by atoms with Gasteiger partial charge in [0.1, 0.15) is 11.4 Å². The van der Waals surface area contributed by atoms with Crippen LogP contribution < -0.4 is 5.73 Å². The number of fused-ring (bicyclic) bond motifs is 1. The first kappa shape index (κ1) is 14.8. The molecule has 1 aromatic carbocycles. The van der Waals surface area contributed by atoms with Crippen molar-refractivity contribution in [2.24, 2.45) is 10.7 Å². The van der Waals surface area contributed by atoms with Gasteiger partial charge in [0.05, 0.1) is 18.8 Å². The van der Waals surface area contributed by atoms with Crippen LogP contribution >= 0.6 is 15.9 Å². The highest BCUT2D eigenvalue weighted by molar-refractivity contribution is 9.10. The molecule has 0 saturated carbocycles. The predicted molar refractivity (Wildman–Crippen MR) is 82.1 cm³/mol. The Morgan fingerprint density at radius 2 is 2.10 bits per heavy atom. The van der Waals surface area contributed by atoms with Gasteiger partial charge in [-0.25, -0.2) is 9.79 Å². The van der Waals surface area contributed by atoms with Crippen LogP contribution in [-0.2, 0) is 11.3 Å². The highest BCUT2D eigenvalue weighted by Crippen LogP contribution is 2.27. The molecule has 0 aromatic heterocycles. The largest absolute Gasteiger partial charge is 0.444 e. The first-order valence-electron chi connectivity index (χ1n) is 6.34. The number of amides is 1. The zero-order valence-corrected chi connectivity index (χ0v) is 13.4. The van der Waals surface area contributed by atoms with E-state index in [2.05, 4.69) is 20.9 Å². The molecule has 5 nitrogen and oxygen atoms in total. The summed E-state index contributed by atoms with van der Waals surface area (Å²) in [6, 6.07) is 5.72. The lowest BCUT2D eigenvalue weighted by molar-refractivity contribution is 0.0265. The second-order valence-electron chi connectivity index (χ2n) is 5.71. The minimum absolute atomic E-state index is 0.265. The third kappa shape index (κ3) is 3.72. The summed E-state index contributed by atoms with van der Waals surface area (Å²) in [6.45, 7) is 6.20. The van der Waals surface area contributed by atoms with Crippen LogP contribution in [0.1, 0.15) is 26.3 Å². The molecule has 1 amide bonds. The number of amidine groups is 1. The number of carbonyl (C=O) groups is 1. The first-order valence-corrected chi connectivity index (χ1v) is 7.13. The molecule has 0 unspecified atom stereocenters. The molecular formula is C14H18BrN3O2. The van der Waals surface area contributed by atoms with Crippen molar-refractivity contribution in [1.82, 2.24) is 4.90 Å². The maximum Gasteiger partial charge on any atom is 0.410 e. The van der Waals surface area contributed by atoms with Crippen LogP contribution in [0, 0.1) is 0 Å². The summed E-state index contributed by atoms with van der Waals surface area (Å²) in [7, 11) is 0. The molecule has 108 valence electrons. The maximum absolute atomic E-state index is 12.2. The molecule has 1 heterocycles. The van der Waals surface area contributed by atoms with Crippen LogP contribution in [-0.4, -0.2) is 29.0 Å². The highest BCUT2D eigenvalue weighted by atomic mass is 79.9. The average Bonchev–Trinajstić information content (AvgIpc) is 2.45. The monoisotopic (exact) mass is 339 g/mol. The zero-order chi connectivity index (χ0) is 14.9. The topological polar surface area (TPSA) is 67.9 Å². The van der Waals surface area contributed by atoms with Crippen LogP contribution in [0.5, 0.6) is 0 Å². The van der Waals surface area contributed by atoms with Crippen molar-refractivity contribution in [3.8, 4) is 0 Å². The van der Waals surface area contributed by atoms with Gasteiger partial charge in [-0.05, 0) is 44.5 Å². The molecular weight excluding hydrogens is 322 g/mol. The number of aliphatic imine (C=N–C) groups is 1. The van der Waals surface area contributed by atoms with E-state index in [-0.39, 0.29) is 12.6 Å². The summed E-state index contributed by atoms with van der Waals surface area (Å²) in [4.78, 5) is 18.1. The summed E-state index contributed by atoms with van der Waals surface area (Å²) in [5.41, 5.74) is 7.06. The molecule has 1 aliphatic rings. The third-order valence-corrected chi connectivity index (χ3v) is 3.16. The van der Waals surface area contributed by atoms with E-state index in [1.54, 1.807) is 4.90 Å². The van der Waals surface area contributed by atoms with E-state index >= 15 is 0 Å². The Morgan fingerprint density at radius 1 is 1.40 bits per heavy atom. The average molecular weight is 340 g/mol. The lowest BCUT2D eigenvalue weighted by Gasteiger charge is -2.26. The number of ether oxygens (including phenoxy) is 1. The molecule has 0 bridgehead atoms. The second-order valence-corrected chi connectivity index (χ2v) is 6.63. The minimum atomic E-state index is -0.532. The SMILES string of the molecule is CC(C)(C)OC(=O)N1CC(N)=Nc2ccc(Br)cc2C1. The summed E-state index contributed by atoms with van der Waals surface area (Å²) in [5, 5.41) is 0. The number of halogens is 1. The Hall–Kier alpha value is -1.56. The van der Waals surface area contributed by atoms with Crippen LogP contribution in [0.15, 0.2) is 27.7 Å². The number of nitrogens with two attached hydrogens (primary N) is 1. The molecule has 0 aliphatic carbocycles. The molecule has 2 rings (SSSR count). The van der Waals surface area contributed by atoms with E-state index in [1.807, 2.05) is 39.0 Å². The molecule has 1 aromatic rings. The van der Waals surface area contributed by atoms with Crippen LogP contribution in [0.3, 0.4) is 0 Å². The van der Waals surface area contributed by atoms with E-state index < -0.39 is 5.60 Å². The lowest BCUT2D eigenvalue weighted by atomic mass is 10.2. The summed E-state index contributed by atoms with van der Waals surface area (Å²) in [5.74, 6) is 0.400. The molecule has 0 saturated heterocycles. The van der Waals surface area contributed by atoms with Crippen molar-refractivity contribution >= 4 is 33.5 Å².